The maximum atomic E-state index is 3.45. The second-order valence-corrected chi connectivity index (χ2v) is 4.99. The Labute approximate surface area is 96.3 Å². The Kier molecular flexibility index (Phi) is 10.0. The molecule has 15 heavy (non-hydrogen) atoms. The van der Waals surface area contributed by atoms with Crippen molar-refractivity contribution in [2.75, 3.05) is 13.1 Å². The van der Waals surface area contributed by atoms with Gasteiger partial charge in [-0.15, -0.1) is 0 Å². The third-order valence-corrected chi connectivity index (χ3v) is 2.53. The zero-order chi connectivity index (χ0) is 11.5. The van der Waals surface area contributed by atoms with Crippen molar-refractivity contribution >= 4 is 0 Å². The van der Waals surface area contributed by atoms with Gasteiger partial charge in [-0.1, -0.05) is 52.7 Å². The molecule has 1 heteroatoms. The van der Waals surface area contributed by atoms with Gasteiger partial charge in [-0.05, 0) is 37.8 Å². The van der Waals surface area contributed by atoms with Gasteiger partial charge in [0.1, 0.15) is 0 Å². The van der Waals surface area contributed by atoms with Crippen molar-refractivity contribution < 1.29 is 0 Å². The van der Waals surface area contributed by atoms with Crippen LogP contribution in [0, 0.1) is 11.8 Å². The number of hydrogen-bond donors (Lipinski definition) is 1. The lowest BCUT2D eigenvalue weighted by atomic mass is 10.0. The molecule has 0 aromatic carbocycles. The van der Waals surface area contributed by atoms with Crippen LogP contribution in [0.4, 0.5) is 0 Å². The van der Waals surface area contributed by atoms with Crippen molar-refractivity contribution in [2.24, 2.45) is 11.8 Å². The van der Waals surface area contributed by atoms with E-state index in [9.17, 15) is 0 Å². The molecular weight excluding hydrogens is 182 g/mol. The van der Waals surface area contributed by atoms with Crippen molar-refractivity contribution in [3.05, 3.63) is 12.2 Å². The summed E-state index contributed by atoms with van der Waals surface area (Å²) in [6.45, 7) is 11.3. The Hall–Kier alpha value is -0.300. The third-order valence-electron chi connectivity index (χ3n) is 2.53. The summed E-state index contributed by atoms with van der Waals surface area (Å²) < 4.78 is 0. The zero-order valence-electron chi connectivity index (χ0n) is 11.1. The van der Waals surface area contributed by atoms with Crippen LogP contribution in [0.5, 0.6) is 0 Å². The number of allylic oxidation sites excluding steroid dienone is 1. The molecule has 0 aliphatic heterocycles. The van der Waals surface area contributed by atoms with Gasteiger partial charge in [0, 0.05) is 0 Å². The van der Waals surface area contributed by atoms with Crippen LogP contribution in [-0.4, -0.2) is 13.1 Å². The molecule has 0 saturated heterocycles. The smallest absolute Gasteiger partial charge is 0.00142 e. The molecule has 1 unspecified atom stereocenters. The summed E-state index contributed by atoms with van der Waals surface area (Å²) in [6, 6.07) is 0. The molecule has 0 radical (unpaired) electrons. The minimum atomic E-state index is 0.763. The number of rotatable bonds is 9. The number of hydrogen-bond acceptors (Lipinski definition) is 1. The molecule has 0 heterocycles. The average Bonchev–Trinajstić information content (AvgIpc) is 2.16. The molecule has 0 fully saturated rings. The van der Waals surface area contributed by atoms with E-state index >= 15 is 0 Å². The Morgan fingerprint density at radius 3 is 2.47 bits per heavy atom. The standard InChI is InChI=1S/C14H29N/c1-5-9-14(4)10-7-6-8-11-15-12-13(2)3/h6-7,13-15H,5,8-12H2,1-4H3. The molecule has 0 saturated carbocycles. The average molecular weight is 211 g/mol. The molecule has 1 atom stereocenters. The summed E-state index contributed by atoms with van der Waals surface area (Å²) in [5, 5.41) is 3.45. The Morgan fingerprint density at radius 2 is 1.87 bits per heavy atom. The van der Waals surface area contributed by atoms with Gasteiger partial charge in [0.05, 0.1) is 0 Å². The molecule has 1 nitrogen and oxygen atoms in total. The lowest BCUT2D eigenvalue weighted by molar-refractivity contribution is 0.530. The minimum Gasteiger partial charge on any atom is -0.316 e. The van der Waals surface area contributed by atoms with Gasteiger partial charge < -0.3 is 5.32 Å². The summed E-state index contributed by atoms with van der Waals surface area (Å²) in [5.41, 5.74) is 0. The summed E-state index contributed by atoms with van der Waals surface area (Å²) in [6.07, 6.45) is 9.75. The van der Waals surface area contributed by atoms with E-state index in [2.05, 4.69) is 45.2 Å². The summed E-state index contributed by atoms with van der Waals surface area (Å²) in [7, 11) is 0. The fraction of sp³-hybridized carbons (Fsp3) is 0.857. The van der Waals surface area contributed by atoms with Crippen molar-refractivity contribution in [3.63, 3.8) is 0 Å². The van der Waals surface area contributed by atoms with Gasteiger partial charge in [-0.25, -0.2) is 0 Å². The first-order valence-corrected chi connectivity index (χ1v) is 6.52. The lowest BCUT2D eigenvalue weighted by Gasteiger charge is -2.06. The third kappa shape index (κ3) is 11.6. The SMILES string of the molecule is CCCC(C)CC=CCCNCC(C)C. The normalized spacial score (nSPS) is 13.9. The minimum absolute atomic E-state index is 0.763. The van der Waals surface area contributed by atoms with Crippen LogP contribution in [-0.2, 0) is 0 Å². The predicted molar refractivity (Wildman–Crippen MR) is 70.2 cm³/mol. The highest BCUT2D eigenvalue weighted by Crippen LogP contribution is 2.10. The van der Waals surface area contributed by atoms with Crippen molar-refractivity contribution in [1.82, 2.24) is 5.32 Å². The zero-order valence-corrected chi connectivity index (χ0v) is 11.1. The van der Waals surface area contributed by atoms with E-state index in [-0.39, 0.29) is 0 Å². The molecule has 0 bridgehead atoms. The fourth-order valence-electron chi connectivity index (χ4n) is 1.63. The first kappa shape index (κ1) is 14.7. The van der Waals surface area contributed by atoms with E-state index in [1.165, 1.54) is 25.7 Å². The highest BCUT2D eigenvalue weighted by atomic mass is 14.8. The topological polar surface area (TPSA) is 12.0 Å². The molecule has 1 N–H and O–H groups in total. The van der Waals surface area contributed by atoms with Crippen LogP contribution in [0.2, 0.25) is 0 Å². The van der Waals surface area contributed by atoms with Gasteiger partial charge in [-0.3, -0.25) is 0 Å². The first-order valence-electron chi connectivity index (χ1n) is 6.52. The molecular formula is C14H29N. The fourth-order valence-corrected chi connectivity index (χ4v) is 1.63. The quantitative estimate of drug-likeness (QED) is 0.449. The van der Waals surface area contributed by atoms with Gasteiger partial charge in [0.25, 0.3) is 0 Å². The van der Waals surface area contributed by atoms with Crippen molar-refractivity contribution in [1.29, 1.82) is 0 Å². The van der Waals surface area contributed by atoms with Crippen molar-refractivity contribution in [2.45, 2.75) is 53.4 Å². The Morgan fingerprint density at radius 1 is 1.13 bits per heavy atom. The molecule has 0 aliphatic carbocycles. The largest absolute Gasteiger partial charge is 0.316 e. The van der Waals surface area contributed by atoms with E-state index in [1.54, 1.807) is 0 Å². The van der Waals surface area contributed by atoms with Gasteiger partial charge in [0.2, 0.25) is 0 Å². The van der Waals surface area contributed by atoms with Gasteiger partial charge in [-0.2, -0.15) is 0 Å². The summed E-state index contributed by atoms with van der Waals surface area (Å²) in [5.74, 6) is 1.62. The number of nitrogens with one attached hydrogen (secondary N) is 1. The van der Waals surface area contributed by atoms with Crippen LogP contribution in [0.3, 0.4) is 0 Å². The maximum Gasteiger partial charge on any atom is -0.00142 e. The summed E-state index contributed by atoms with van der Waals surface area (Å²) >= 11 is 0. The van der Waals surface area contributed by atoms with E-state index in [0.29, 0.717) is 0 Å². The van der Waals surface area contributed by atoms with Crippen LogP contribution >= 0.6 is 0 Å². The maximum absolute atomic E-state index is 3.45. The predicted octanol–water partition coefficient (Wildman–Crippen LogP) is 4.00. The van der Waals surface area contributed by atoms with Gasteiger partial charge >= 0.3 is 0 Å². The molecule has 0 spiro atoms. The molecule has 90 valence electrons. The molecule has 0 amide bonds. The molecule has 0 rings (SSSR count). The lowest BCUT2D eigenvalue weighted by Crippen LogP contribution is -2.20. The highest BCUT2D eigenvalue weighted by Gasteiger charge is 1.96. The monoisotopic (exact) mass is 211 g/mol. The van der Waals surface area contributed by atoms with Crippen LogP contribution in [0.25, 0.3) is 0 Å². The van der Waals surface area contributed by atoms with E-state index in [1.807, 2.05) is 0 Å². The highest BCUT2D eigenvalue weighted by molar-refractivity contribution is 4.83. The summed E-state index contributed by atoms with van der Waals surface area (Å²) in [4.78, 5) is 0. The van der Waals surface area contributed by atoms with E-state index in [0.717, 1.165) is 24.9 Å². The van der Waals surface area contributed by atoms with Gasteiger partial charge in [0.15, 0.2) is 0 Å². The second kappa shape index (κ2) is 10.2. The van der Waals surface area contributed by atoms with Crippen molar-refractivity contribution in [3.8, 4) is 0 Å². The Balaban J connectivity index is 3.24. The van der Waals surface area contributed by atoms with E-state index in [4.69, 9.17) is 0 Å². The van der Waals surface area contributed by atoms with Crippen LogP contribution < -0.4 is 5.32 Å². The van der Waals surface area contributed by atoms with E-state index < -0.39 is 0 Å². The molecule has 0 aromatic rings. The van der Waals surface area contributed by atoms with Crippen LogP contribution in [0.15, 0.2) is 12.2 Å². The molecule has 0 aromatic heterocycles. The first-order chi connectivity index (χ1) is 7.16. The van der Waals surface area contributed by atoms with Crippen LogP contribution in [0.1, 0.15) is 53.4 Å². The second-order valence-electron chi connectivity index (χ2n) is 4.99. The Bertz CT molecular complexity index is 149. The molecule has 0 aliphatic rings.